The minimum Gasteiger partial charge on any atom is -0.464 e. The van der Waals surface area contributed by atoms with E-state index in [2.05, 4.69) is 4.72 Å². The van der Waals surface area contributed by atoms with Gasteiger partial charge in [-0.3, -0.25) is 4.79 Å². The number of nitrogens with one attached hydrogen (secondary N) is 1. The van der Waals surface area contributed by atoms with Crippen LogP contribution in [0.2, 0.25) is 0 Å². The number of esters is 1. The summed E-state index contributed by atoms with van der Waals surface area (Å²) in [4.78, 5) is 12.8. The van der Waals surface area contributed by atoms with Gasteiger partial charge in [-0.15, -0.1) is 0 Å². The minimum atomic E-state index is -3.83. The van der Waals surface area contributed by atoms with Gasteiger partial charge in [-0.25, -0.2) is 13.1 Å². The van der Waals surface area contributed by atoms with Crippen LogP contribution in [0.3, 0.4) is 0 Å². The molecule has 0 saturated heterocycles. The number of ether oxygens (including phenoxy) is 2. The number of carbonyl (C=O) groups excluding carboxylic acids is 1. The highest BCUT2D eigenvalue weighted by Gasteiger charge is 2.26. The van der Waals surface area contributed by atoms with Crippen molar-refractivity contribution in [2.24, 2.45) is 5.92 Å². The van der Waals surface area contributed by atoms with Crippen LogP contribution in [0.5, 0.6) is 0 Å². The van der Waals surface area contributed by atoms with Gasteiger partial charge < -0.3 is 14.6 Å². The summed E-state index contributed by atoms with van der Waals surface area (Å²) in [6.45, 7) is 3.55. The Labute approximate surface area is 213 Å². The lowest BCUT2D eigenvalue weighted by atomic mass is 10.1. The van der Waals surface area contributed by atoms with Gasteiger partial charge >= 0.3 is 5.97 Å². The number of carbonyl (C=O) groups is 1. The largest absolute Gasteiger partial charge is 0.464 e. The van der Waals surface area contributed by atoms with Crippen LogP contribution in [-0.4, -0.2) is 44.9 Å². The van der Waals surface area contributed by atoms with Crippen LogP contribution >= 0.6 is 0 Å². The number of hydrogen-bond donors (Lipinski definition) is 2. The Bertz CT molecular complexity index is 1180. The van der Waals surface area contributed by atoms with Crippen molar-refractivity contribution in [2.45, 2.75) is 43.9 Å². The molecule has 192 valence electrons. The van der Waals surface area contributed by atoms with E-state index < -0.39 is 34.1 Å². The number of aliphatic hydroxyl groups is 1. The third-order valence-corrected chi connectivity index (χ3v) is 7.29. The van der Waals surface area contributed by atoms with E-state index in [1.807, 2.05) is 67.6 Å². The second-order valence-electron chi connectivity index (χ2n) is 8.81. The monoisotopic (exact) mass is 511 g/mol. The van der Waals surface area contributed by atoms with Crippen molar-refractivity contribution >= 4 is 16.0 Å². The quantitative estimate of drug-likeness (QED) is 0.340. The predicted molar refractivity (Wildman–Crippen MR) is 138 cm³/mol. The minimum absolute atomic E-state index is 0.0291. The summed E-state index contributed by atoms with van der Waals surface area (Å²) in [5.41, 5.74) is 2.81. The molecule has 0 fully saturated rings. The van der Waals surface area contributed by atoms with Gasteiger partial charge in [0.1, 0.15) is 6.61 Å². The van der Waals surface area contributed by atoms with Gasteiger partial charge in [0.15, 0.2) is 0 Å². The fraction of sp³-hybridized carbons (Fsp3) is 0.321. The van der Waals surface area contributed by atoms with E-state index in [0.717, 1.165) is 16.7 Å². The summed E-state index contributed by atoms with van der Waals surface area (Å²) in [6, 6.07) is 24.7. The average Bonchev–Trinajstić information content (AvgIpc) is 2.88. The molecule has 0 aliphatic heterocycles. The first-order chi connectivity index (χ1) is 17.2. The standard InChI is InChI=1S/C28H33NO6S/c1-21-13-15-26(16-14-21)36(32,33)29-25(17-23-9-5-3-6-10-23)19-35-28(31)22(2)27(30)20-34-18-24-11-7-4-8-12-24/h3-16,22,25,27,29-30H,17-20H2,1-2H3/t22-,25-,27+/m1/s1. The Morgan fingerprint density at radius 2 is 1.47 bits per heavy atom. The predicted octanol–water partition coefficient (Wildman–Crippen LogP) is 3.64. The maximum Gasteiger partial charge on any atom is 0.311 e. The maximum absolute atomic E-state index is 13.0. The summed E-state index contributed by atoms with van der Waals surface area (Å²) in [5.74, 6) is -1.47. The van der Waals surface area contributed by atoms with Crippen LogP contribution in [-0.2, 0) is 37.3 Å². The van der Waals surface area contributed by atoms with Crippen molar-refractivity contribution in [1.29, 1.82) is 0 Å². The number of benzene rings is 3. The van der Waals surface area contributed by atoms with Crippen molar-refractivity contribution in [1.82, 2.24) is 4.72 Å². The highest BCUT2D eigenvalue weighted by molar-refractivity contribution is 7.89. The second-order valence-corrected chi connectivity index (χ2v) is 10.5. The van der Waals surface area contributed by atoms with Crippen LogP contribution < -0.4 is 4.72 Å². The number of sulfonamides is 1. The maximum atomic E-state index is 13.0. The van der Waals surface area contributed by atoms with Crippen LogP contribution in [0.15, 0.2) is 89.8 Å². The molecule has 0 radical (unpaired) electrons. The molecule has 0 aliphatic carbocycles. The molecule has 0 aliphatic rings. The molecule has 0 unspecified atom stereocenters. The van der Waals surface area contributed by atoms with Crippen LogP contribution in [0, 0.1) is 12.8 Å². The second kappa shape index (κ2) is 13.3. The average molecular weight is 512 g/mol. The Morgan fingerprint density at radius 3 is 2.08 bits per heavy atom. The van der Waals surface area contributed by atoms with Gasteiger partial charge in [0.2, 0.25) is 10.0 Å². The first-order valence-electron chi connectivity index (χ1n) is 11.8. The lowest BCUT2D eigenvalue weighted by Gasteiger charge is -2.22. The third kappa shape index (κ3) is 8.57. The molecule has 8 heteroatoms. The molecule has 0 heterocycles. The molecule has 36 heavy (non-hydrogen) atoms. The molecule has 0 saturated carbocycles. The van der Waals surface area contributed by atoms with Crippen LogP contribution in [0.25, 0.3) is 0 Å². The summed E-state index contributed by atoms with van der Waals surface area (Å²) in [6.07, 6.45) is -0.728. The Balaban J connectivity index is 1.59. The van der Waals surface area contributed by atoms with E-state index in [1.165, 1.54) is 12.1 Å². The molecule has 3 rings (SSSR count). The fourth-order valence-electron chi connectivity index (χ4n) is 3.53. The fourth-order valence-corrected chi connectivity index (χ4v) is 4.75. The van der Waals surface area contributed by atoms with E-state index >= 15 is 0 Å². The van der Waals surface area contributed by atoms with Crippen molar-refractivity contribution < 1.29 is 27.8 Å². The Morgan fingerprint density at radius 1 is 0.889 bits per heavy atom. The summed E-state index contributed by atoms with van der Waals surface area (Å²) >= 11 is 0. The Kier molecular flexibility index (Phi) is 10.2. The van der Waals surface area contributed by atoms with Crippen molar-refractivity contribution in [3.63, 3.8) is 0 Å². The molecule has 2 N–H and O–H groups in total. The first-order valence-corrected chi connectivity index (χ1v) is 13.3. The molecule has 7 nitrogen and oxygen atoms in total. The zero-order chi connectivity index (χ0) is 26.0. The van der Waals surface area contributed by atoms with Gasteiger partial charge in [0, 0.05) is 0 Å². The number of hydrogen-bond acceptors (Lipinski definition) is 6. The smallest absolute Gasteiger partial charge is 0.311 e. The van der Waals surface area contributed by atoms with Gasteiger partial charge in [0.25, 0.3) is 0 Å². The molecule has 0 aromatic heterocycles. The molecule has 0 spiro atoms. The lowest BCUT2D eigenvalue weighted by molar-refractivity contribution is -0.154. The number of aliphatic hydroxyl groups excluding tert-OH is 1. The highest BCUT2D eigenvalue weighted by atomic mass is 32.2. The molecule has 3 aromatic carbocycles. The first kappa shape index (κ1) is 27.5. The van der Waals surface area contributed by atoms with Crippen molar-refractivity contribution in [3.05, 3.63) is 102 Å². The van der Waals surface area contributed by atoms with Crippen molar-refractivity contribution in [3.8, 4) is 0 Å². The SMILES string of the molecule is Cc1ccc(S(=O)(=O)N[C@@H](COC(=O)[C@H](C)[C@@H](O)COCc2ccccc2)Cc2ccccc2)cc1. The molecule has 3 aromatic rings. The van der Waals surface area contributed by atoms with Crippen LogP contribution in [0.1, 0.15) is 23.6 Å². The number of rotatable bonds is 13. The molecule has 0 bridgehead atoms. The lowest BCUT2D eigenvalue weighted by Crippen LogP contribution is -2.41. The van der Waals surface area contributed by atoms with E-state index in [-0.39, 0.29) is 18.1 Å². The molecular formula is C28H33NO6S. The van der Waals surface area contributed by atoms with E-state index in [0.29, 0.717) is 13.0 Å². The summed E-state index contributed by atoms with van der Waals surface area (Å²) < 4.78 is 39.6. The van der Waals surface area contributed by atoms with Crippen molar-refractivity contribution in [2.75, 3.05) is 13.2 Å². The van der Waals surface area contributed by atoms with Crippen LogP contribution in [0.4, 0.5) is 0 Å². The van der Waals surface area contributed by atoms with E-state index in [9.17, 15) is 18.3 Å². The third-order valence-electron chi connectivity index (χ3n) is 5.75. The highest BCUT2D eigenvalue weighted by Crippen LogP contribution is 2.14. The number of aryl methyl sites for hydroxylation is 1. The molecule has 3 atom stereocenters. The molecular weight excluding hydrogens is 478 g/mol. The normalized spacial score (nSPS) is 14.1. The van der Waals surface area contributed by atoms with E-state index in [1.54, 1.807) is 19.1 Å². The molecule has 0 amide bonds. The van der Waals surface area contributed by atoms with Gasteiger partial charge in [-0.1, -0.05) is 78.4 Å². The van der Waals surface area contributed by atoms with Gasteiger partial charge in [-0.05, 0) is 43.5 Å². The Hall–Kier alpha value is -3.04. The van der Waals surface area contributed by atoms with Gasteiger partial charge in [-0.2, -0.15) is 0 Å². The summed E-state index contributed by atoms with van der Waals surface area (Å²) in [7, 11) is -3.83. The zero-order valence-corrected chi connectivity index (χ0v) is 21.4. The summed E-state index contributed by atoms with van der Waals surface area (Å²) in [5, 5.41) is 10.4. The topological polar surface area (TPSA) is 102 Å². The zero-order valence-electron chi connectivity index (χ0n) is 20.5. The van der Waals surface area contributed by atoms with Gasteiger partial charge in [0.05, 0.1) is 36.2 Å². The van der Waals surface area contributed by atoms with E-state index in [4.69, 9.17) is 9.47 Å².